The molecule has 0 unspecified atom stereocenters. The first-order valence-corrected chi connectivity index (χ1v) is 6.74. The summed E-state index contributed by atoms with van der Waals surface area (Å²) in [5.41, 5.74) is 1.92. The van der Waals surface area contributed by atoms with Gasteiger partial charge in [-0.15, -0.1) is 0 Å². The maximum absolute atomic E-state index is 11.4. The summed E-state index contributed by atoms with van der Waals surface area (Å²) in [5, 5.41) is 9.30. The third-order valence-electron chi connectivity index (χ3n) is 3.27. The van der Waals surface area contributed by atoms with Gasteiger partial charge in [-0.05, 0) is 31.0 Å². The predicted octanol–water partition coefficient (Wildman–Crippen LogP) is 3.71. The van der Waals surface area contributed by atoms with E-state index in [1.165, 1.54) is 6.20 Å². The quantitative estimate of drug-likeness (QED) is 0.927. The highest BCUT2D eigenvalue weighted by atomic mass is 16.5. The van der Waals surface area contributed by atoms with E-state index in [2.05, 4.69) is 9.97 Å². The predicted molar refractivity (Wildman–Crippen MR) is 79.1 cm³/mol. The average molecular weight is 286 g/mol. The van der Waals surface area contributed by atoms with E-state index in [0.29, 0.717) is 11.6 Å². The fourth-order valence-electron chi connectivity index (χ4n) is 1.84. The number of nitrogens with zero attached hydrogens (tertiary/aromatic N) is 2. The number of hydrogen-bond donors (Lipinski definition) is 1. The molecule has 0 aliphatic carbocycles. The minimum Gasteiger partial charge on any atom is -0.476 e. The Labute approximate surface area is 123 Å². The number of benzene rings is 1. The van der Waals surface area contributed by atoms with Crippen molar-refractivity contribution in [3.05, 3.63) is 47.0 Å². The second-order valence-corrected chi connectivity index (χ2v) is 5.20. The maximum Gasteiger partial charge on any atom is 0.358 e. The number of carboxylic acids is 1. The molecule has 0 saturated carbocycles. The second-order valence-electron chi connectivity index (χ2n) is 5.20. The zero-order valence-electron chi connectivity index (χ0n) is 12.5. The lowest BCUT2D eigenvalue weighted by Gasteiger charge is -2.13. The molecule has 0 atom stereocenters. The third kappa shape index (κ3) is 3.18. The van der Waals surface area contributed by atoms with Gasteiger partial charge in [0.2, 0.25) is 0 Å². The van der Waals surface area contributed by atoms with E-state index in [-0.39, 0.29) is 17.4 Å². The number of ether oxygens (including phenoxy) is 1. The number of aromatic nitrogens is 2. The van der Waals surface area contributed by atoms with Gasteiger partial charge in [-0.25, -0.2) is 14.8 Å². The minimum absolute atomic E-state index is 0.0536. The van der Waals surface area contributed by atoms with Gasteiger partial charge in [-0.2, -0.15) is 0 Å². The van der Waals surface area contributed by atoms with Crippen LogP contribution < -0.4 is 4.74 Å². The summed E-state index contributed by atoms with van der Waals surface area (Å²) >= 11 is 0. The summed E-state index contributed by atoms with van der Waals surface area (Å²) in [6.07, 6.45) is 1.42. The molecular weight excluding hydrogens is 268 g/mol. The van der Waals surface area contributed by atoms with Crippen molar-refractivity contribution < 1.29 is 14.6 Å². The Kier molecular flexibility index (Phi) is 4.21. The highest BCUT2D eigenvalue weighted by Gasteiger charge is 2.18. The van der Waals surface area contributed by atoms with Crippen LogP contribution >= 0.6 is 0 Å². The first-order valence-electron chi connectivity index (χ1n) is 6.74. The van der Waals surface area contributed by atoms with E-state index < -0.39 is 5.97 Å². The lowest BCUT2D eigenvalue weighted by atomic mass is 10.1. The summed E-state index contributed by atoms with van der Waals surface area (Å²) in [7, 11) is 0. The van der Waals surface area contributed by atoms with Crippen LogP contribution in [0.3, 0.4) is 0 Å². The van der Waals surface area contributed by atoms with Crippen molar-refractivity contribution in [1.29, 1.82) is 0 Å². The van der Waals surface area contributed by atoms with E-state index in [4.69, 9.17) is 4.74 Å². The van der Waals surface area contributed by atoms with Crippen molar-refractivity contribution in [3.8, 4) is 11.5 Å². The van der Waals surface area contributed by atoms with Crippen LogP contribution in [0.25, 0.3) is 0 Å². The number of carbonyl (C=O) groups is 1. The highest BCUT2D eigenvalue weighted by Crippen LogP contribution is 2.28. The molecule has 1 N–H and O–H groups in total. The van der Waals surface area contributed by atoms with Crippen molar-refractivity contribution >= 4 is 5.97 Å². The van der Waals surface area contributed by atoms with Crippen molar-refractivity contribution in [1.82, 2.24) is 9.97 Å². The largest absolute Gasteiger partial charge is 0.476 e. The highest BCUT2D eigenvalue weighted by molar-refractivity contribution is 5.88. The lowest BCUT2D eigenvalue weighted by molar-refractivity contribution is 0.0686. The van der Waals surface area contributed by atoms with E-state index in [9.17, 15) is 9.90 Å². The van der Waals surface area contributed by atoms with Crippen molar-refractivity contribution in [2.45, 2.75) is 33.6 Å². The monoisotopic (exact) mass is 286 g/mol. The zero-order chi connectivity index (χ0) is 15.6. The van der Waals surface area contributed by atoms with E-state index >= 15 is 0 Å². The number of hydrogen-bond acceptors (Lipinski definition) is 4. The molecule has 0 aliphatic heterocycles. The molecule has 0 aliphatic rings. The SMILES string of the molecule is Cc1cccc(Oc2cnc(C(C)C)nc2C(=O)O)c1C. The summed E-state index contributed by atoms with van der Waals surface area (Å²) in [4.78, 5) is 19.6. The Bertz CT molecular complexity index is 681. The van der Waals surface area contributed by atoms with E-state index in [1.54, 1.807) is 6.07 Å². The van der Waals surface area contributed by atoms with Crippen LogP contribution in [0.4, 0.5) is 0 Å². The summed E-state index contributed by atoms with van der Waals surface area (Å²) in [5.74, 6) is 0.178. The molecule has 2 aromatic rings. The first kappa shape index (κ1) is 15.0. The summed E-state index contributed by atoms with van der Waals surface area (Å²) < 4.78 is 5.71. The molecule has 0 radical (unpaired) electrons. The molecule has 5 heteroatoms. The standard InChI is InChI=1S/C16H18N2O3/c1-9(2)15-17-8-13(14(18-15)16(19)20)21-12-7-5-6-10(3)11(12)4/h5-9H,1-4H3,(H,19,20). The van der Waals surface area contributed by atoms with Crippen LogP contribution in [0.1, 0.15) is 47.2 Å². The van der Waals surface area contributed by atoms with E-state index in [0.717, 1.165) is 11.1 Å². The molecule has 1 aromatic heterocycles. The van der Waals surface area contributed by atoms with Crippen molar-refractivity contribution in [3.63, 3.8) is 0 Å². The third-order valence-corrected chi connectivity index (χ3v) is 3.27. The molecular formula is C16H18N2O3. The van der Waals surface area contributed by atoms with Crippen LogP contribution in [0.2, 0.25) is 0 Å². The van der Waals surface area contributed by atoms with Gasteiger partial charge < -0.3 is 9.84 Å². The number of aryl methyl sites for hydroxylation is 1. The van der Waals surface area contributed by atoms with Crippen LogP contribution in [0.5, 0.6) is 11.5 Å². The molecule has 1 heterocycles. The molecule has 2 rings (SSSR count). The maximum atomic E-state index is 11.4. The smallest absolute Gasteiger partial charge is 0.358 e. The summed E-state index contributed by atoms with van der Waals surface area (Å²) in [6, 6.07) is 5.63. The van der Waals surface area contributed by atoms with Gasteiger partial charge in [0.25, 0.3) is 0 Å². The van der Waals surface area contributed by atoms with Crippen LogP contribution in [0.15, 0.2) is 24.4 Å². The molecule has 21 heavy (non-hydrogen) atoms. The molecule has 0 spiro atoms. The van der Waals surface area contributed by atoms with Crippen LogP contribution in [0, 0.1) is 13.8 Å². The lowest BCUT2D eigenvalue weighted by Crippen LogP contribution is -2.09. The summed E-state index contributed by atoms with van der Waals surface area (Å²) in [6.45, 7) is 7.71. The average Bonchev–Trinajstić information content (AvgIpc) is 2.43. The normalized spacial score (nSPS) is 10.7. The first-order chi connectivity index (χ1) is 9.90. The van der Waals surface area contributed by atoms with E-state index in [1.807, 2.05) is 39.8 Å². The minimum atomic E-state index is -1.13. The van der Waals surface area contributed by atoms with Gasteiger partial charge in [0.1, 0.15) is 11.6 Å². The Morgan fingerprint density at radius 3 is 2.57 bits per heavy atom. The second kappa shape index (κ2) is 5.91. The van der Waals surface area contributed by atoms with Gasteiger partial charge in [0, 0.05) is 5.92 Å². The Morgan fingerprint density at radius 2 is 1.95 bits per heavy atom. The Balaban J connectivity index is 2.44. The van der Waals surface area contributed by atoms with Gasteiger partial charge in [0.15, 0.2) is 11.4 Å². The molecule has 0 saturated heterocycles. The Morgan fingerprint density at radius 1 is 1.24 bits per heavy atom. The number of rotatable bonds is 4. The fraction of sp³-hybridized carbons (Fsp3) is 0.312. The number of carboxylic acid groups (broad SMARTS) is 1. The zero-order valence-corrected chi connectivity index (χ0v) is 12.5. The molecule has 5 nitrogen and oxygen atoms in total. The molecule has 0 fully saturated rings. The topological polar surface area (TPSA) is 72.3 Å². The van der Waals surface area contributed by atoms with Crippen LogP contribution in [-0.4, -0.2) is 21.0 Å². The molecule has 0 amide bonds. The number of aromatic carboxylic acids is 1. The fourth-order valence-corrected chi connectivity index (χ4v) is 1.84. The van der Waals surface area contributed by atoms with Crippen molar-refractivity contribution in [2.75, 3.05) is 0 Å². The van der Waals surface area contributed by atoms with Gasteiger partial charge in [0.05, 0.1) is 6.20 Å². The van der Waals surface area contributed by atoms with Gasteiger partial charge in [-0.3, -0.25) is 0 Å². The molecule has 0 bridgehead atoms. The van der Waals surface area contributed by atoms with Gasteiger partial charge in [-0.1, -0.05) is 26.0 Å². The molecule has 1 aromatic carbocycles. The molecule has 110 valence electrons. The van der Waals surface area contributed by atoms with Crippen LogP contribution in [-0.2, 0) is 0 Å². The van der Waals surface area contributed by atoms with Crippen molar-refractivity contribution in [2.24, 2.45) is 0 Å². The Hall–Kier alpha value is -2.43. The van der Waals surface area contributed by atoms with Gasteiger partial charge >= 0.3 is 5.97 Å².